The number of carbonyl (C=O) groups is 1. The highest BCUT2D eigenvalue weighted by Gasteiger charge is 2.06. The Morgan fingerprint density at radius 3 is 2.07 bits per heavy atom. The second kappa shape index (κ2) is 3.79. The summed E-state index contributed by atoms with van der Waals surface area (Å²) in [5.41, 5.74) is 1.43. The van der Waals surface area contributed by atoms with E-state index in [-0.39, 0.29) is 5.82 Å². The maximum Gasteiger partial charge on any atom is 0.373 e. The number of aromatic carboxylic acids is 1. The molecule has 0 aliphatic carbocycles. The largest absolute Gasteiger partial charge is 0.475 e. The van der Waals surface area contributed by atoms with Gasteiger partial charge in [0.05, 0.1) is 0 Å². The van der Waals surface area contributed by atoms with Gasteiger partial charge in [-0.15, -0.1) is 0 Å². The van der Waals surface area contributed by atoms with Crippen LogP contribution in [0.3, 0.4) is 0 Å². The van der Waals surface area contributed by atoms with E-state index >= 15 is 0 Å². The van der Waals surface area contributed by atoms with Gasteiger partial charge >= 0.3 is 5.97 Å². The predicted molar refractivity (Wildman–Crippen MR) is 50.0 cm³/mol. The van der Waals surface area contributed by atoms with Gasteiger partial charge in [-0.25, -0.2) is 24.7 Å². The maximum atomic E-state index is 10.5. The molecule has 0 atom stereocenters. The van der Waals surface area contributed by atoms with Crippen molar-refractivity contribution in [1.82, 2.24) is 19.9 Å². The fourth-order valence-electron chi connectivity index (χ4n) is 1.04. The van der Waals surface area contributed by atoms with E-state index in [1.165, 1.54) is 18.7 Å². The molecule has 0 spiro atoms. The molecule has 6 heteroatoms. The Balaban J connectivity index is 2.36. The monoisotopic (exact) mass is 202 g/mol. The molecular formula is C9H6N4O2. The van der Waals surface area contributed by atoms with Crippen LogP contribution in [0.25, 0.3) is 11.1 Å². The lowest BCUT2D eigenvalue weighted by molar-refractivity contribution is 0.0683. The molecule has 0 aliphatic heterocycles. The summed E-state index contributed by atoms with van der Waals surface area (Å²) < 4.78 is 0. The fraction of sp³-hybridized carbons (Fsp3) is 0. The Kier molecular flexibility index (Phi) is 2.32. The number of hydrogen-bond donors (Lipinski definition) is 1. The highest BCUT2D eigenvalue weighted by atomic mass is 16.4. The van der Waals surface area contributed by atoms with Crippen molar-refractivity contribution in [2.24, 2.45) is 0 Å². The standard InChI is InChI=1S/C9H6N4O2/c14-9(15)8-12-3-7(4-13-8)6-1-10-5-11-2-6/h1-5H,(H,14,15). The fourth-order valence-corrected chi connectivity index (χ4v) is 1.04. The van der Waals surface area contributed by atoms with Crippen LogP contribution in [-0.2, 0) is 0 Å². The van der Waals surface area contributed by atoms with Gasteiger partial charge in [-0.05, 0) is 0 Å². The number of carboxylic acid groups (broad SMARTS) is 1. The third-order valence-corrected chi connectivity index (χ3v) is 1.74. The van der Waals surface area contributed by atoms with Crippen molar-refractivity contribution in [2.45, 2.75) is 0 Å². The average molecular weight is 202 g/mol. The van der Waals surface area contributed by atoms with Crippen LogP contribution < -0.4 is 0 Å². The summed E-state index contributed by atoms with van der Waals surface area (Å²) in [5.74, 6) is -1.37. The van der Waals surface area contributed by atoms with Gasteiger partial charge in [0.15, 0.2) is 0 Å². The minimum Gasteiger partial charge on any atom is -0.475 e. The number of carboxylic acids is 1. The van der Waals surface area contributed by atoms with Crippen LogP contribution in [0.1, 0.15) is 10.6 Å². The molecule has 0 saturated heterocycles. The minimum atomic E-state index is -1.15. The minimum absolute atomic E-state index is 0.226. The quantitative estimate of drug-likeness (QED) is 0.768. The van der Waals surface area contributed by atoms with E-state index in [0.29, 0.717) is 5.56 Å². The Morgan fingerprint density at radius 2 is 1.53 bits per heavy atom. The van der Waals surface area contributed by atoms with Crippen LogP contribution in [0, 0.1) is 0 Å². The van der Waals surface area contributed by atoms with Crippen molar-refractivity contribution in [2.75, 3.05) is 0 Å². The van der Waals surface area contributed by atoms with Gasteiger partial charge in [0, 0.05) is 35.9 Å². The highest BCUT2D eigenvalue weighted by Crippen LogP contribution is 2.13. The molecule has 0 unspecified atom stereocenters. The summed E-state index contributed by atoms with van der Waals surface area (Å²) >= 11 is 0. The number of hydrogen-bond acceptors (Lipinski definition) is 5. The molecule has 1 N–H and O–H groups in total. The molecule has 6 nitrogen and oxygen atoms in total. The number of aromatic nitrogens is 4. The molecule has 0 aliphatic rings. The Morgan fingerprint density at radius 1 is 1.00 bits per heavy atom. The second-order valence-electron chi connectivity index (χ2n) is 2.73. The first kappa shape index (κ1) is 9.20. The summed E-state index contributed by atoms with van der Waals surface area (Å²) in [6, 6.07) is 0. The summed E-state index contributed by atoms with van der Waals surface area (Å²) in [4.78, 5) is 25.5. The lowest BCUT2D eigenvalue weighted by atomic mass is 10.2. The average Bonchev–Trinajstić information content (AvgIpc) is 2.30. The zero-order valence-electron chi connectivity index (χ0n) is 7.53. The highest BCUT2D eigenvalue weighted by molar-refractivity contribution is 5.83. The van der Waals surface area contributed by atoms with Crippen molar-refractivity contribution in [3.05, 3.63) is 36.9 Å². The molecule has 0 fully saturated rings. The Bertz CT molecular complexity index is 469. The first-order valence-electron chi connectivity index (χ1n) is 4.08. The smallest absolute Gasteiger partial charge is 0.373 e. The van der Waals surface area contributed by atoms with Gasteiger partial charge in [-0.3, -0.25) is 0 Å². The number of nitrogens with zero attached hydrogens (tertiary/aromatic N) is 4. The maximum absolute atomic E-state index is 10.5. The Hall–Kier alpha value is -2.37. The van der Waals surface area contributed by atoms with Crippen LogP contribution in [-0.4, -0.2) is 31.0 Å². The van der Waals surface area contributed by atoms with Crippen LogP contribution in [0.15, 0.2) is 31.1 Å². The van der Waals surface area contributed by atoms with E-state index in [0.717, 1.165) is 5.56 Å². The van der Waals surface area contributed by atoms with Crippen LogP contribution in [0.5, 0.6) is 0 Å². The van der Waals surface area contributed by atoms with Gasteiger partial charge in [0.1, 0.15) is 6.33 Å². The van der Waals surface area contributed by atoms with Gasteiger partial charge in [-0.2, -0.15) is 0 Å². The molecule has 15 heavy (non-hydrogen) atoms. The van der Waals surface area contributed by atoms with Gasteiger partial charge in [-0.1, -0.05) is 0 Å². The molecule has 0 radical (unpaired) electrons. The van der Waals surface area contributed by atoms with Gasteiger partial charge in [0.25, 0.3) is 0 Å². The van der Waals surface area contributed by atoms with E-state index in [1.807, 2.05) is 0 Å². The SMILES string of the molecule is O=C(O)c1ncc(-c2cncnc2)cn1. The molecule has 0 amide bonds. The molecule has 2 aromatic rings. The summed E-state index contributed by atoms with van der Waals surface area (Å²) in [6.07, 6.45) is 7.47. The van der Waals surface area contributed by atoms with E-state index < -0.39 is 5.97 Å². The normalized spacial score (nSPS) is 9.87. The molecule has 2 heterocycles. The van der Waals surface area contributed by atoms with Crippen LogP contribution in [0.4, 0.5) is 0 Å². The molecular weight excluding hydrogens is 196 g/mol. The van der Waals surface area contributed by atoms with Crippen molar-refractivity contribution in [1.29, 1.82) is 0 Å². The van der Waals surface area contributed by atoms with E-state index in [4.69, 9.17) is 5.11 Å². The van der Waals surface area contributed by atoms with E-state index in [9.17, 15) is 4.79 Å². The van der Waals surface area contributed by atoms with E-state index in [1.54, 1.807) is 12.4 Å². The summed E-state index contributed by atoms with van der Waals surface area (Å²) in [5, 5.41) is 8.60. The Labute approximate surface area is 84.7 Å². The summed E-state index contributed by atoms with van der Waals surface area (Å²) in [7, 11) is 0. The lowest BCUT2D eigenvalue weighted by Crippen LogP contribution is -2.03. The van der Waals surface area contributed by atoms with Crippen molar-refractivity contribution >= 4 is 5.97 Å². The summed E-state index contributed by atoms with van der Waals surface area (Å²) in [6.45, 7) is 0. The zero-order chi connectivity index (χ0) is 10.7. The van der Waals surface area contributed by atoms with Crippen molar-refractivity contribution < 1.29 is 9.90 Å². The third-order valence-electron chi connectivity index (χ3n) is 1.74. The van der Waals surface area contributed by atoms with Crippen molar-refractivity contribution in [3.8, 4) is 11.1 Å². The topological polar surface area (TPSA) is 88.9 Å². The molecule has 2 aromatic heterocycles. The third kappa shape index (κ3) is 1.93. The first-order chi connectivity index (χ1) is 7.27. The van der Waals surface area contributed by atoms with Gasteiger partial charge < -0.3 is 5.11 Å². The van der Waals surface area contributed by atoms with Gasteiger partial charge in [0.2, 0.25) is 5.82 Å². The predicted octanol–water partition coefficient (Wildman–Crippen LogP) is 0.632. The second-order valence-corrected chi connectivity index (χ2v) is 2.73. The molecule has 0 bridgehead atoms. The van der Waals surface area contributed by atoms with E-state index in [2.05, 4.69) is 19.9 Å². The van der Waals surface area contributed by atoms with Crippen LogP contribution >= 0.6 is 0 Å². The molecule has 0 aromatic carbocycles. The number of rotatable bonds is 2. The first-order valence-corrected chi connectivity index (χ1v) is 4.08. The lowest BCUT2D eigenvalue weighted by Gasteiger charge is -1.98. The molecule has 2 rings (SSSR count). The van der Waals surface area contributed by atoms with Crippen LogP contribution in [0.2, 0.25) is 0 Å². The molecule has 0 saturated carbocycles. The molecule has 74 valence electrons. The van der Waals surface area contributed by atoms with Crippen molar-refractivity contribution in [3.63, 3.8) is 0 Å². The zero-order valence-corrected chi connectivity index (χ0v) is 7.53.